The fraction of sp³-hybridized carbons (Fsp3) is 0.158. The molecule has 1 amide bonds. The van der Waals surface area contributed by atoms with E-state index in [1.54, 1.807) is 37.3 Å². The molecule has 1 N–H and O–H groups in total. The highest BCUT2D eigenvalue weighted by molar-refractivity contribution is 5.93. The van der Waals surface area contributed by atoms with Crippen molar-refractivity contribution in [2.24, 2.45) is 7.05 Å². The lowest BCUT2D eigenvalue weighted by Crippen LogP contribution is -2.17. The van der Waals surface area contributed by atoms with E-state index in [4.69, 9.17) is 4.74 Å². The number of para-hydroxylation sites is 1. The van der Waals surface area contributed by atoms with Gasteiger partial charge in [-0.1, -0.05) is 24.3 Å². The highest BCUT2D eigenvalue weighted by Crippen LogP contribution is 2.32. The number of aryl methyl sites for hydroxylation is 2. The lowest BCUT2D eigenvalue weighted by molar-refractivity contribution is 0.141. The molecule has 2 aromatic carbocycles. The van der Waals surface area contributed by atoms with Gasteiger partial charge in [-0.05, 0) is 36.2 Å². The van der Waals surface area contributed by atoms with E-state index in [1.807, 2.05) is 0 Å². The van der Waals surface area contributed by atoms with Crippen LogP contribution in [0.25, 0.3) is 11.1 Å². The molecule has 0 atom stereocenters. The highest BCUT2D eigenvalue weighted by atomic mass is 19.3. The van der Waals surface area contributed by atoms with Gasteiger partial charge in [-0.15, -0.1) is 0 Å². The standard InChI is InChI=1S/C19H16F3N3O2/c1-11-9-12(20)7-8-13(11)14-5-3-4-6-15(14)23-19(26)27-16-10-25(2)24-17(16)18(21)22/h3-10,18H,1-2H3,(H,23,26). The number of ether oxygens (including phenoxy) is 1. The van der Waals surface area contributed by atoms with Gasteiger partial charge in [0.15, 0.2) is 11.4 Å². The van der Waals surface area contributed by atoms with Crippen LogP contribution in [-0.2, 0) is 7.05 Å². The molecule has 0 aliphatic carbocycles. The number of benzene rings is 2. The van der Waals surface area contributed by atoms with Crippen LogP contribution in [-0.4, -0.2) is 15.9 Å². The first kappa shape index (κ1) is 18.5. The van der Waals surface area contributed by atoms with Gasteiger partial charge in [0.2, 0.25) is 0 Å². The molecule has 1 aromatic heterocycles. The summed E-state index contributed by atoms with van der Waals surface area (Å²) in [6.07, 6.45) is -2.61. The predicted molar refractivity (Wildman–Crippen MR) is 94.4 cm³/mol. The monoisotopic (exact) mass is 375 g/mol. The van der Waals surface area contributed by atoms with E-state index < -0.39 is 18.2 Å². The number of aromatic nitrogens is 2. The van der Waals surface area contributed by atoms with Crippen LogP contribution in [0.3, 0.4) is 0 Å². The summed E-state index contributed by atoms with van der Waals surface area (Å²) < 4.78 is 45.4. The lowest BCUT2D eigenvalue weighted by Gasteiger charge is -2.13. The van der Waals surface area contributed by atoms with Crippen LogP contribution in [0.5, 0.6) is 5.75 Å². The molecule has 0 spiro atoms. The fourth-order valence-electron chi connectivity index (χ4n) is 2.71. The number of carbonyl (C=O) groups is 1. The van der Waals surface area contributed by atoms with Crippen molar-refractivity contribution in [2.75, 3.05) is 5.32 Å². The average molecular weight is 375 g/mol. The molecule has 140 valence electrons. The van der Waals surface area contributed by atoms with Crippen LogP contribution < -0.4 is 10.1 Å². The maximum Gasteiger partial charge on any atom is 0.417 e. The maximum atomic E-state index is 13.4. The van der Waals surface area contributed by atoms with Gasteiger partial charge in [-0.2, -0.15) is 5.10 Å². The highest BCUT2D eigenvalue weighted by Gasteiger charge is 2.21. The van der Waals surface area contributed by atoms with Crippen LogP contribution in [0, 0.1) is 12.7 Å². The molecule has 3 rings (SSSR count). The average Bonchev–Trinajstić information content (AvgIpc) is 2.96. The third-order valence-electron chi connectivity index (χ3n) is 3.87. The number of hydrogen-bond acceptors (Lipinski definition) is 3. The Morgan fingerprint density at radius 2 is 1.93 bits per heavy atom. The first-order valence-corrected chi connectivity index (χ1v) is 8.01. The van der Waals surface area contributed by atoms with Crippen LogP contribution in [0.2, 0.25) is 0 Å². The second-order valence-corrected chi connectivity index (χ2v) is 5.87. The summed E-state index contributed by atoms with van der Waals surface area (Å²) in [5, 5.41) is 6.12. The lowest BCUT2D eigenvalue weighted by atomic mass is 9.99. The summed E-state index contributed by atoms with van der Waals surface area (Å²) in [5.74, 6) is -0.683. The minimum Gasteiger partial charge on any atom is -0.406 e. The van der Waals surface area contributed by atoms with Crippen LogP contribution in [0.4, 0.5) is 23.7 Å². The van der Waals surface area contributed by atoms with Gasteiger partial charge in [0.25, 0.3) is 6.43 Å². The Labute approximate surface area is 153 Å². The van der Waals surface area contributed by atoms with E-state index in [9.17, 15) is 18.0 Å². The largest absolute Gasteiger partial charge is 0.417 e. The smallest absolute Gasteiger partial charge is 0.406 e. The molecule has 0 aliphatic heterocycles. The van der Waals surface area contributed by atoms with Gasteiger partial charge in [0.05, 0.1) is 11.9 Å². The Morgan fingerprint density at radius 1 is 1.19 bits per heavy atom. The number of carbonyl (C=O) groups excluding carboxylic acids is 1. The van der Waals surface area contributed by atoms with Crippen molar-refractivity contribution in [3.63, 3.8) is 0 Å². The van der Waals surface area contributed by atoms with Crippen molar-refractivity contribution >= 4 is 11.8 Å². The topological polar surface area (TPSA) is 56.1 Å². The quantitative estimate of drug-likeness (QED) is 0.692. The van der Waals surface area contributed by atoms with Gasteiger partial charge in [-0.25, -0.2) is 18.0 Å². The summed E-state index contributed by atoms with van der Waals surface area (Å²) in [6.45, 7) is 1.75. The van der Waals surface area contributed by atoms with E-state index in [2.05, 4.69) is 10.4 Å². The van der Waals surface area contributed by atoms with Crippen LogP contribution in [0.1, 0.15) is 17.7 Å². The predicted octanol–water partition coefficient (Wildman–Crippen LogP) is 5.08. The summed E-state index contributed by atoms with van der Waals surface area (Å²) >= 11 is 0. The molecule has 0 bridgehead atoms. The van der Waals surface area contributed by atoms with Crippen molar-refractivity contribution in [3.05, 3.63) is 65.7 Å². The molecule has 0 saturated carbocycles. The Kier molecular flexibility index (Phi) is 5.16. The number of halogens is 3. The number of rotatable bonds is 4. The minimum atomic E-state index is -2.87. The zero-order valence-corrected chi connectivity index (χ0v) is 14.5. The minimum absolute atomic E-state index is 0.319. The molecule has 0 saturated heterocycles. The SMILES string of the molecule is Cc1cc(F)ccc1-c1ccccc1NC(=O)Oc1cn(C)nc1C(F)F. The number of anilines is 1. The first-order chi connectivity index (χ1) is 12.8. The van der Waals surface area contributed by atoms with Crippen LogP contribution in [0.15, 0.2) is 48.7 Å². The first-order valence-electron chi connectivity index (χ1n) is 8.01. The molecule has 0 unspecified atom stereocenters. The van der Waals surface area contributed by atoms with Crippen molar-refractivity contribution < 1.29 is 22.7 Å². The summed E-state index contributed by atoms with van der Waals surface area (Å²) in [6, 6.07) is 11.2. The third kappa shape index (κ3) is 4.11. The summed E-state index contributed by atoms with van der Waals surface area (Å²) in [5.41, 5.74) is 1.84. The normalized spacial score (nSPS) is 10.9. The van der Waals surface area contributed by atoms with Crippen molar-refractivity contribution in [3.8, 4) is 16.9 Å². The van der Waals surface area contributed by atoms with E-state index >= 15 is 0 Å². The molecular weight excluding hydrogens is 359 g/mol. The Balaban J connectivity index is 1.85. The second-order valence-electron chi connectivity index (χ2n) is 5.87. The Morgan fingerprint density at radius 3 is 2.63 bits per heavy atom. The fourth-order valence-corrected chi connectivity index (χ4v) is 2.71. The molecule has 1 heterocycles. The van der Waals surface area contributed by atoms with Gasteiger partial charge < -0.3 is 4.74 Å². The van der Waals surface area contributed by atoms with E-state index in [1.165, 1.54) is 25.4 Å². The molecular formula is C19H16F3N3O2. The Bertz CT molecular complexity index is 986. The molecule has 3 aromatic rings. The van der Waals surface area contributed by atoms with Gasteiger partial charge in [0, 0.05) is 12.6 Å². The number of amides is 1. The van der Waals surface area contributed by atoms with Gasteiger partial charge >= 0.3 is 6.09 Å². The van der Waals surface area contributed by atoms with Gasteiger partial charge in [0.1, 0.15) is 5.82 Å². The number of alkyl halides is 2. The van der Waals surface area contributed by atoms with E-state index in [0.717, 1.165) is 10.2 Å². The van der Waals surface area contributed by atoms with Gasteiger partial charge in [-0.3, -0.25) is 10.00 Å². The van der Waals surface area contributed by atoms with E-state index in [-0.39, 0.29) is 11.6 Å². The molecule has 0 aliphatic rings. The second kappa shape index (κ2) is 7.53. The van der Waals surface area contributed by atoms with Crippen molar-refractivity contribution in [1.29, 1.82) is 0 Å². The molecule has 27 heavy (non-hydrogen) atoms. The third-order valence-corrected chi connectivity index (χ3v) is 3.87. The number of nitrogens with one attached hydrogen (secondary N) is 1. The zero-order chi connectivity index (χ0) is 19.6. The summed E-state index contributed by atoms with van der Waals surface area (Å²) in [4.78, 5) is 12.2. The number of nitrogens with zero attached hydrogens (tertiary/aromatic N) is 2. The maximum absolute atomic E-state index is 13.4. The van der Waals surface area contributed by atoms with E-state index in [0.29, 0.717) is 16.8 Å². The van der Waals surface area contributed by atoms with Crippen LogP contribution >= 0.6 is 0 Å². The van der Waals surface area contributed by atoms with Crippen molar-refractivity contribution in [1.82, 2.24) is 9.78 Å². The Hall–Kier alpha value is -3.29. The van der Waals surface area contributed by atoms with Crippen molar-refractivity contribution in [2.45, 2.75) is 13.3 Å². The molecule has 0 radical (unpaired) electrons. The zero-order valence-electron chi connectivity index (χ0n) is 14.5. The molecule has 5 nitrogen and oxygen atoms in total. The molecule has 8 heteroatoms. The number of hydrogen-bond donors (Lipinski definition) is 1. The summed E-state index contributed by atoms with van der Waals surface area (Å²) in [7, 11) is 1.45. The molecule has 0 fully saturated rings.